The lowest BCUT2D eigenvalue weighted by molar-refractivity contribution is -0.146. The summed E-state index contributed by atoms with van der Waals surface area (Å²) in [6.07, 6.45) is -0.539. The first kappa shape index (κ1) is 8.73. The average Bonchev–Trinajstić information content (AvgIpc) is 1.97. The number of hydrogen-bond donors (Lipinski definition) is 1. The molecule has 1 rings (SSSR count). The fourth-order valence-corrected chi connectivity index (χ4v) is 1.34. The minimum absolute atomic E-state index is 0.111. The smallest absolute Gasteiger partial charge is 0.233 e. The standard InChI is InChI=1S/C10H17NO2/c1-9(2,3)10(4)6-5-7(12)11-8(10)13/h5-6H2,1-4H3,(H,11,12,13)/i6D. The van der Waals surface area contributed by atoms with E-state index in [1.165, 1.54) is 0 Å². The Hall–Kier alpha value is -0.860. The Morgan fingerprint density at radius 1 is 1.46 bits per heavy atom. The summed E-state index contributed by atoms with van der Waals surface area (Å²) < 4.78 is 7.86. The van der Waals surface area contributed by atoms with Crippen molar-refractivity contribution in [2.24, 2.45) is 10.8 Å². The minimum Gasteiger partial charge on any atom is -0.296 e. The van der Waals surface area contributed by atoms with E-state index in [1.807, 2.05) is 20.8 Å². The average molecular weight is 184 g/mol. The van der Waals surface area contributed by atoms with Gasteiger partial charge in [0.25, 0.3) is 0 Å². The highest BCUT2D eigenvalue weighted by Crippen LogP contribution is 2.43. The van der Waals surface area contributed by atoms with Crippen molar-refractivity contribution in [3.05, 3.63) is 0 Å². The van der Waals surface area contributed by atoms with Gasteiger partial charge >= 0.3 is 0 Å². The number of rotatable bonds is 0. The van der Waals surface area contributed by atoms with E-state index >= 15 is 0 Å². The number of amides is 2. The Bertz CT molecular complexity index is 282. The molecule has 0 aliphatic carbocycles. The lowest BCUT2D eigenvalue weighted by Crippen LogP contribution is -2.53. The third-order valence-corrected chi connectivity index (χ3v) is 2.98. The van der Waals surface area contributed by atoms with Crippen molar-refractivity contribution < 1.29 is 11.0 Å². The molecule has 0 aromatic heterocycles. The number of carbonyl (C=O) groups excluding carboxylic acids is 2. The molecule has 1 fully saturated rings. The molecule has 1 saturated heterocycles. The molecule has 2 atom stereocenters. The van der Waals surface area contributed by atoms with E-state index in [9.17, 15) is 9.59 Å². The molecule has 3 nitrogen and oxygen atoms in total. The van der Waals surface area contributed by atoms with Crippen molar-refractivity contribution in [3.63, 3.8) is 0 Å². The van der Waals surface area contributed by atoms with E-state index in [0.29, 0.717) is 0 Å². The molecule has 1 heterocycles. The molecule has 0 aromatic rings. The van der Waals surface area contributed by atoms with Gasteiger partial charge in [-0.1, -0.05) is 27.7 Å². The Morgan fingerprint density at radius 2 is 2.00 bits per heavy atom. The lowest BCUT2D eigenvalue weighted by Gasteiger charge is -2.42. The van der Waals surface area contributed by atoms with Gasteiger partial charge in [0.1, 0.15) is 0 Å². The summed E-state index contributed by atoms with van der Waals surface area (Å²) in [5.74, 6) is -0.655. The van der Waals surface area contributed by atoms with Crippen LogP contribution in [-0.4, -0.2) is 11.8 Å². The molecule has 1 aliphatic heterocycles. The van der Waals surface area contributed by atoms with E-state index in [-0.39, 0.29) is 23.7 Å². The molecule has 2 unspecified atom stereocenters. The Balaban J connectivity index is 3.08. The molecule has 0 bridgehead atoms. The number of hydrogen-bond acceptors (Lipinski definition) is 2. The van der Waals surface area contributed by atoms with Gasteiger partial charge in [0, 0.05) is 7.79 Å². The first-order chi connectivity index (χ1) is 6.19. The van der Waals surface area contributed by atoms with Crippen LogP contribution in [0.25, 0.3) is 0 Å². The third kappa shape index (κ3) is 1.60. The Morgan fingerprint density at radius 3 is 2.38 bits per heavy atom. The van der Waals surface area contributed by atoms with E-state index in [2.05, 4.69) is 5.32 Å². The molecule has 2 amide bonds. The molecule has 1 N–H and O–H groups in total. The maximum Gasteiger partial charge on any atom is 0.233 e. The molecule has 0 spiro atoms. The second-order valence-electron chi connectivity index (χ2n) is 4.74. The zero-order valence-corrected chi connectivity index (χ0v) is 8.60. The topological polar surface area (TPSA) is 46.2 Å². The molecule has 1 aliphatic rings. The van der Waals surface area contributed by atoms with Gasteiger partial charge in [0.15, 0.2) is 0 Å². The first-order valence-electron chi connectivity index (χ1n) is 5.04. The van der Waals surface area contributed by atoms with Crippen molar-refractivity contribution >= 4 is 11.8 Å². The van der Waals surface area contributed by atoms with Gasteiger partial charge in [-0.2, -0.15) is 0 Å². The fraction of sp³-hybridized carbons (Fsp3) is 0.800. The third-order valence-electron chi connectivity index (χ3n) is 2.98. The van der Waals surface area contributed by atoms with Gasteiger partial charge in [-0.05, 0) is 11.8 Å². The number of carbonyl (C=O) groups is 2. The molecule has 0 saturated carbocycles. The van der Waals surface area contributed by atoms with Crippen LogP contribution in [0.3, 0.4) is 0 Å². The zero-order chi connectivity index (χ0) is 11.1. The predicted octanol–water partition coefficient (Wildman–Crippen LogP) is 1.48. The van der Waals surface area contributed by atoms with Crippen LogP contribution in [0.4, 0.5) is 0 Å². The molecule has 0 radical (unpaired) electrons. The van der Waals surface area contributed by atoms with Crippen LogP contribution in [0.5, 0.6) is 0 Å². The molecular formula is C10H17NO2. The van der Waals surface area contributed by atoms with Crippen molar-refractivity contribution in [2.75, 3.05) is 0 Å². The van der Waals surface area contributed by atoms with E-state index in [0.717, 1.165) is 0 Å². The first-order valence-corrected chi connectivity index (χ1v) is 4.46. The normalized spacial score (nSPS) is 36.9. The Kier molecular flexibility index (Phi) is 1.90. The van der Waals surface area contributed by atoms with Gasteiger partial charge in [-0.15, -0.1) is 0 Å². The van der Waals surface area contributed by atoms with E-state index in [1.54, 1.807) is 6.92 Å². The molecule has 3 heteroatoms. The van der Waals surface area contributed by atoms with Crippen LogP contribution in [0, 0.1) is 10.8 Å². The van der Waals surface area contributed by atoms with Crippen molar-refractivity contribution in [2.45, 2.75) is 40.5 Å². The minimum atomic E-state index is -0.791. The van der Waals surface area contributed by atoms with E-state index < -0.39 is 11.8 Å². The highest BCUT2D eigenvalue weighted by atomic mass is 16.2. The lowest BCUT2D eigenvalue weighted by atomic mass is 9.63. The molecule has 13 heavy (non-hydrogen) atoms. The van der Waals surface area contributed by atoms with Crippen LogP contribution in [0.1, 0.15) is 41.9 Å². The second kappa shape index (κ2) is 2.82. The summed E-state index contributed by atoms with van der Waals surface area (Å²) in [5, 5.41) is 2.31. The predicted molar refractivity (Wildman–Crippen MR) is 49.9 cm³/mol. The SMILES string of the molecule is [2H]C1CC(=O)NC(=O)C1(C)C(C)(C)C. The van der Waals surface area contributed by atoms with Crippen LogP contribution >= 0.6 is 0 Å². The summed E-state index contributed by atoms with van der Waals surface area (Å²) in [7, 11) is 0. The highest BCUT2D eigenvalue weighted by Gasteiger charge is 2.46. The maximum atomic E-state index is 11.7. The summed E-state index contributed by atoms with van der Waals surface area (Å²) >= 11 is 0. The van der Waals surface area contributed by atoms with Crippen molar-refractivity contribution in [3.8, 4) is 0 Å². The van der Waals surface area contributed by atoms with Crippen LogP contribution in [0.2, 0.25) is 0 Å². The molecule has 0 aromatic carbocycles. The van der Waals surface area contributed by atoms with Gasteiger partial charge < -0.3 is 0 Å². The Labute approximate surface area is 80.3 Å². The summed E-state index contributed by atoms with van der Waals surface area (Å²) in [6.45, 7) is 7.52. The summed E-state index contributed by atoms with van der Waals surface area (Å²) in [4.78, 5) is 22.8. The van der Waals surface area contributed by atoms with Crippen LogP contribution < -0.4 is 5.32 Å². The summed E-state index contributed by atoms with van der Waals surface area (Å²) in [6, 6.07) is 0. The van der Waals surface area contributed by atoms with Gasteiger partial charge in [0.05, 0.1) is 5.41 Å². The molecular weight excluding hydrogens is 166 g/mol. The maximum absolute atomic E-state index is 11.7. The monoisotopic (exact) mass is 184 g/mol. The van der Waals surface area contributed by atoms with Crippen LogP contribution in [0.15, 0.2) is 0 Å². The van der Waals surface area contributed by atoms with E-state index in [4.69, 9.17) is 1.37 Å². The summed E-state index contributed by atoms with van der Waals surface area (Å²) in [5.41, 5.74) is -1.11. The van der Waals surface area contributed by atoms with Gasteiger partial charge in [-0.3, -0.25) is 14.9 Å². The fourth-order valence-electron chi connectivity index (χ4n) is 1.34. The highest BCUT2D eigenvalue weighted by molar-refractivity contribution is 6.00. The van der Waals surface area contributed by atoms with Crippen molar-refractivity contribution in [1.82, 2.24) is 5.32 Å². The van der Waals surface area contributed by atoms with Gasteiger partial charge in [-0.25, -0.2) is 0 Å². The molecule has 74 valence electrons. The quantitative estimate of drug-likeness (QED) is 0.579. The largest absolute Gasteiger partial charge is 0.296 e. The van der Waals surface area contributed by atoms with Gasteiger partial charge in [0.2, 0.25) is 11.8 Å². The number of imide groups is 1. The van der Waals surface area contributed by atoms with Crippen molar-refractivity contribution in [1.29, 1.82) is 0 Å². The number of piperidine rings is 1. The zero-order valence-electron chi connectivity index (χ0n) is 9.60. The second-order valence-corrected chi connectivity index (χ2v) is 4.74. The van der Waals surface area contributed by atoms with Crippen LogP contribution in [-0.2, 0) is 9.59 Å². The number of nitrogens with one attached hydrogen (secondary N) is 1.